The topological polar surface area (TPSA) is 61.0 Å². The van der Waals surface area contributed by atoms with Crippen molar-refractivity contribution in [3.8, 4) is 0 Å². The van der Waals surface area contributed by atoms with Crippen LogP contribution in [-0.2, 0) is 6.42 Å². The van der Waals surface area contributed by atoms with Crippen LogP contribution in [0, 0.1) is 0 Å². The molecule has 22 heavy (non-hydrogen) atoms. The van der Waals surface area contributed by atoms with Crippen molar-refractivity contribution in [1.82, 2.24) is 15.5 Å². The van der Waals surface area contributed by atoms with Crippen molar-refractivity contribution >= 4 is 11.6 Å². The van der Waals surface area contributed by atoms with Crippen molar-refractivity contribution in [2.45, 2.75) is 32.7 Å². The number of rotatable bonds is 7. The molecule has 5 heteroatoms. The maximum atomic E-state index is 12.1. The van der Waals surface area contributed by atoms with E-state index in [1.54, 1.807) is 0 Å². The number of likely N-dealkylation sites (N-methyl/N-ethyl adjacent to an activating group) is 1. The lowest BCUT2D eigenvalue weighted by atomic mass is 10.2. The molecule has 118 valence electrons. The molecule has 0 aliphatic heterocycles. The first kappa shape index (κ1) is 16.1. The number of nitrogens with one attached hydrogen (secondary N) is 2. The van der Waals surface area contributed by atoms with Crippen LogP contribution in [0.3, 0.4) is 0 Å². The minimum atomic E-state index is -0.132. The minimum absolute atomic E-state index is 0.132. The molecule has 0 spiro atoms. The lowest BCUT2D eigenvalue weighted by Gasteiger charge is -2.27. The third-order valence-electron chi connectivity index (χ3n) is 3.77. The maximum Gasteiger partial charge on any atom is 0.271 e. The molecule has 0 bridgehead atoms. The van der Waals surface area contributed by atoms with Gasteiger partial charge in [-0.1, -0.05) is 31.5 Å². The third-order valence-corrected chi connectivity index (χ3v) is 3.77. The van der Waals surface area contributed by atoms with Crippen LogP contribution >= 0.6 is 0 Å². The Balaban J connectivity index is 1.87. The zero-order valence-electron chi connectivity index (χ0n) is 13.5. The van der Waals surface area contributed by atoms with Crippen molar-refractivity contribution in [1.29, 1.82) is 0 Å². The fourth-order valence-corrected chi connectivity index (χ4v) is 2.26. The Bertz CT molecular complexity index is 594. The second-order valence-corrected chi connectivity index (χ2v) is 5.53. The fourth-order valence-electron chi connectivity index (χ4n) is 2.26. The van der Waals surface area contributed by atoms with Gasteiger partial charge in [-0.3, -0.25) is 9.89 Å². The molecule has 1 unspecified atom stereocenters. The Morgan fingerprint density at radius 3 is 2.77 bits per heavy atom. The van der Waals surface area contributed by atoms with Crippen LogP contribution < -0.4 is 10.2 Å². The van der Waals surface area contributed by atoms with Gasteiger partial charge in [-0.2, -0.15) is 5.10 Å². The van der Waals surface area contributed by atoms with E-state index < -0.39 is 0 Å². The molecule has 1 amide bonds. The van der Waals surface area contributed by atoms with E-state index in [4.69, 9.17) is 0 Å². The van der Waals surface area contributed by atoms with Crippen molar-refractivity contribution in [2.24, 2.45) is 0 Å². The highest BCUT2D eigenvalue weighted by molar-refractivity contribution is 5.92. The number of carbonyl (C=O) groups is 1. The number of para-hydroxylation sites is 1. The molecular weight excluding hydrogens is 276 g/mol. The van der Waals surface area contributed by atoms with Crippen LogP contribution in [0.15, 0.2) is 36.4 Å². The Morgan fingerprint density at radius 2 is 2.09 bits per heavy atom. The lowest BCUT2D eigenvalue weighted by Crippen LogP contribution is -2.40. The van der Waals surface area contributed by atoms with E-state index in [-0.39, 0.29) is 11.9 Å². The normalized spacial score (nSPS) is 12.0. The molecule has 0 saturated carbocycles. The number of carbonyl (C=O) groups excluding carboxylic acids is 1. The summed E-state index contributed by atoms with van der Waals surface area (Å²) in [6.45, 7) is 4.75. The highest BCUT2D eigenvalue weighted by Gasteiger charge is 2.14. The van der Waals surface area contributed by atoms with Gasteiger partial charge in [0.15, 0.2) is 0 Å². The van der Waals surface area contributed by atoms with Crippen LogP contribution in [0.5, 0.6) is 0 Å². The summed E-state index contributed by atoms with van der Waals surface area (Å²) in [6, 6.07) is 12.2. The predicted octanol–water partition coefficient (Wildman–Crippen LogP) is 2.62. The van der Waals surface area contributed by atoms with Gasteiger partial charge in [0, 0.05) is 31.0 Å². The van der Waals surface area contributed by atoms with E-state index in [1.165, 1.54) is 0 Å². The molecule has 0 fully saturated rings. The number of nitrogens with zero attached hydrogens (tertiary/aromatic N) is 2. The van der Waals surface area contributed by atoms with Gasteiger partial charge in [0.2, 0.25) is 0 Å². The van der Waals surface area contributed by atoms with Crippen LogP contribution in [-0.4, -0.2) is 35.7 Å². The fraction of sp³-hybridized carbons (Fsp3) is 0.412. The van der Waals surface area contributed by atoms with E-state index in [0.29, 0.717) is 12.2 Å². The van der Waals surface area contributed by atoms with Crippen LogP contribution in [0.4, 0.5) is 5.69 Å². The van der Waals surface area contributed by atoms with Gasteiger partial charge in [-0.05, 0) is 31.5 Å². The summed E-state index contributed by atoms with van der Waals surface area (Å²) >= 11 is 0. The van der Waals surface area contributed by atoms with E-state index in [0.717, 1.165) is 24.2 Å². The van der Waals surface area contributed by atoms with Gasteiger partial charge in [0.25, 0.3) is 5.91 Å². The summed E-state index contributed by atoms with van der Waals surface area (Å²) in [5.74, 6) is -0.132. The molecule has 1 aromatic carbocycles. The van der Waals surface area contributed by atoms with Crippen molar-refractivity contribution in [3.63, 3.8) is 0 Å². The van der Waals surface area contributed by atoms with Crippen LogP contribution in [0.2, 0.25) is 0 Å². The van der Waals surface area contributed by atoms with E-state index >= 15 is 0 Å². The van der Waals surface area contributed by atoms with Crippen LogP contribution in [0.1, 0.15) is 36.5 Å². The summed E-state index contributed by atoms with van der Waals surface area (Å²) in [5, 5.41) is 9.91. The molecule has 0 saturated heterocycles. The molecule has 1 heterocycles. The first-order valence-electron chi connectivity index (χ1n) is 7.72. The molecule has 1 atom stereocenters. The average Bonchev–Trinajstić information content (AvgIpc) is 3.01. The molecule has 0 aliphatic rings. The number of aromatic nitrogens is 2. The van der Waals surface area contributed by atoms with Gasteiger partial charge < -0.3 is 10.2 Å². The molecule has 1 aromatic heterocycles. The predicted molar refractivity (Wildman–Crippen MR) is 89.2 cm³/mol. The van der Waals surface area contributed by atoms with Crippen molar-refractivity contribution in [3.05, 3.63) is 47.8 Å². The molecule has 2 rings (SSSR count). The standard InChI is InChI=1S/C17H24N4O/c1-4-8-14-11-16(20-19-14)17(22)18-12-13(2)21(3)15-9-6-5-7-10-15/h5-7,9-11,13H,4,8,12H2,1-3H3,(H,18,22)(H,19,20). The highest BCUT2D eigenvalue weighted by atomic mass is 16.1. The molecule has 5 nitrogen and oxygen atoms in total. The van der Waals surface area contributed by atoms with Crippen molar-refractivity contribution < 1.29 is 4.79 Å². The quantitative estimate of drug-likeness (QED) is 0.826. The SMILES string of the molecule is CCCc1cc(C(=O)NCC(C)N(C)c2ccccc2)n[nH]1. The summed E-state index contributed by atoms with van der Waals surface area (Å²) in [6.07, 6.45) is 1.94. The summed E-state index contributed by atoms with van der Waals surface area (Å²) in [5.41, 5.74) is 2.59. The van der Waals surface area contributed by atoms with Gasteiger partial charge in [0.05, 0.1) is 0 Å². The molecule has 2 N–H and O–H groups in total. The average molecular weight is 300 g/mol. The zero-order valence-corrected chi connectivity index (χ0v) is 13.5. The van der Waals surface area contributed by atoms with Crippen LogP contribution in [0.25, 0.3) is 0 Å². The molecular formula is C17H24N4O. The molecule has 0 radical (unpaired) electrons. The lowest BCUT2D eigenvalue weighted by molar-refractivity contribution is 0.0946. The second-order valence-electron chi connectivity index (χ2n) is 5.53. The Labute approximate surface area is 131 Å². The monoisotopic (exact) mass is 300 g/mol. The van der Waals surface area contributed by atoms with Gasteiger partial charge >= 0.3 is 0 Å². The summed E-state index contributed by atoms with van der Waals surface area (Å²) in [7, 11) is 2.03. The van der Waals surface area contributed by atoms with Gasteiger partial charge in [-0.25, -0.2) is 0 Å². The molecule has 2 aromatic rings. The smallest absolute Gasteiger partial charge is 0.271 e. The summed E-state index contributed by atoms with van der Waals surface area (Å²) < 4.78 is 0. The Kier molecular flexibility index (Phi) is 5.58. The third kappa shape index (κ3) is 4.10. The number of amides is 1. The highest BCUT2D eigenvalue weighted by Crippen LogP contribution is 2.13. The number of benzene rings is 1. The minimum Gasteiger partial charge on any atom is -0.370 e. The van der Waals surface area contributed by atoms with E-state index in [9.17, 15) is 4.79 Å². The van der Waals surface area contributed by atoms with E-state index in [1.807, 2.05) is 31.3 Å². The first-order valence-corrected chi connectivity index (χ1v) is 7.72. The Hall–Kier alpha value is -2.30. The molecule has 0 aliphatic carbocycles. The van der Waals surface area contributed by atoms with E-state index in [2.05, 4.69) is 46.4 Å². The number of aromatic amines is 1. The number of hydrogen-bond acceptors (Lipinski definition) is 3. The second kappa shape index (κ2) is 7.64. The first-order chi connectivity index (χ1) is 10.6. The number of hydrogen-bond donors (Lipinski definition) is 2. The largest absolute Gasteiger partial charge is 0.370 e. The zero-order chi connectivity index (χ0) is 15.9. The number of anilines is 1. The van der Waals surface area contributed by atoms with Crippen molar-refractivity contribution in [2.75, 3.05) is 18.5 Å². The van der Waals surface area contributed by atoms with Gasteiger partial charge in [-0.15, -0.1) is 0 Å². The summed E-state index contributed by atoms with van der Waals surface area (Å²) in [4.78, 5) is 14.3. The number of aryl methyl sites for hydroxylation is 1. The number of H-pyrrole nitrogens is 1. The van der Waals surface area contributed by atoms with Gasteiger partial charge in [0.1, 0.15) is 5.69 Å². The maximum absolute atomic E-state index is 12.1. The Morgan fingerprint density at radius 1 is 1.36 bits per heavy atom.